The molecule has 2 aromatic heterocycles. The van der Waals surface area contributed by atoms with E-state index >= 15 is 0 Å². The van der Waals surface area contributed by atoms with Crippen molar-refractivity contribution in [3.63, 3.8) is 0 Å². The smallest absolute Gasteiger partial charge is 0.181 e. The maximum Gasteiger partial charge on any atom is 0.181 e. The summed E-state index contributed by atoms with van der Waals surface area (Å²) in [5, 5.41) is 0. The predicted octanol–water partition coefficient (Wildman–Crippen LogP) is 0.748. The Labute approximate surface area is 78.8 Å². The fourth-order valence-electron chi connectivity index (χ4n) is 0.990. The Bertz CT molecular complexity index is 414. The van der Waals surface area contributed by atoms with Crippen molar-refractivity contribution in [2.24, 2.45) is 0 Å². The van der Waals surface area contributed by atoms with Gasteiger partial charge in [-0.15, -0.1) is 0 Å². The molecule has 0 unspecified atom stereocenters. The monoisotopic (exact) mass is 193 g/mol. The molecule has 0 spiro atoms. The maximum absolute atomic E-state index is 10.8. The Balaban J connectivity index is 2.19. The van der Waals surface area contributed by atoms with Crippen LogP contribution in [0, 0.1) is 0 Å². The highest BCUT2D eigenvalue weighted by molar-refractivity contribution is 6.99. The Morgan fingerprint density at radius 1 is 1.38 bits per heavy atom. The first-order valence-corrected chi connectivity index (χ1v) is 4.50. The number of pyridine rings is 1. The molecule has 0 atom stereocenters. The average Bonchev–Trinajstić information content (AvgIpc) is 2.62. The SMILES string of the molecule is O=c1ccn(Cc2cnsn2)cc1. The van der Waals surface area contributed by atoms with Gasteiger partial charge in [-0.05, 0) is 0 Å². The molecule has 2 rings (SSSR count). The highest BCUT2D eigenvalue weighted by atomic mass is 32.1. The number of hydrogen-bond acceptors (Lipinski definition) is 4. The zero-order valence-corrected chi connectivity index (χ0v) is 7.57. The van der Waals surface area contributed by atoms with E-state index in [4.69, 9.17) is 0 Å². The van der Waals surface area contributed by atoms with Gasteiger partial charge < -0.3 is 4.57 Å². The summed E-state index contributed by atoms with van der Waals surface area (Å²) in [6.07, 6.45) is 5.20. The van der Waals surface area contributed by atoms with Gasteiger partial charge in [0.05, 0.1) is 30.2 Å². The summed E-state index contributed by atoms with van der Waals surface area (Å²) in [7, 11) is 0. The molecule has 0 saturated carbocycles. The molecule has 0 amide bonds. The second-order valence-corrected chi connectivity index (χ2v) is 3.16. The summed E-state index contributed by atoms with van der Waals surface area (Å²) in [4.78, 5) is 10.8. The van der Waals surface area contributed by atoms with Gasteiger partial charge >= 0.3 is 0 Å². The van der Waals surface area contributed by atoms with Crippen LogP contribution in [0.1, 0.15) is 5.69 Å². The third-order valence-corrected chi connectivity index (χ3v) is 2.13. The lowest BCUT2D eigenvalue weighted by Crippen LogP contribution is -2.04. The van der Waals surface area contributed by atoms with Crippen LogP contribution in [-0.4, -0.2) is 13.3 Å². The van der Waals surface area contributed by atoms with Crippen LogP contribution in [-0.2, 0) is 6.54 Å². The zero-order chi connectivity index (χ0) is 9.10. The van der Waals surface area contributed by atoms with Crippen molar-refractivity contribution < 1.29 is 0 Å². The summed E-state index contributed by atoms with van der Waals surface area (Å²) in [5.74, 6) is 0. The number of rotatable bonds is 2. The third kappa shape index (κ3) is 2.00. The van der Waals surface area contributed by atoms with Crippen molar-refractivity contribution in [1.29, 1.82) is 0 Å². The summed E-state index contributed by atoms with van der Waals surface area (Å²) in [6.45, 7) is 0.663. The van der Waals surface area contributed by atoms with E-state index in [2.05, 4.69) is 8.75 Å². The second-order valence-electron chi connectivity index (χ2n) is 2.60. The van der Waals surface area contributed by atoms with Gasteiger partial charge in [-0.1, -0.05) is 0 Å². The molecule has 4 nitrogen and oxygen atoms in total. The van der Waals surface area contributed by atoms with E-state index in [-0.39, 0.29) is 5.43 Å². The molecule has 66 valence electrons. The molecule has 0 radical (unpaired) electrons. The van der Waals surface area contributed by atoms with Crippen LogP contribution in [0.25, 0.3) is 0 Å². The first kappa shape index (κ1) is 8.12. The van der Waals surface area contributed by atoms with E-state index in [0.29, 0.717) is 6.54 Å². The van der Waals surface area contributed by atoms with Gasteiger partial charge in [-0.25, -0.2) is 0 Å². The summed E-state index contributed by atoms with van der Waals surface area (Å²) in [5.41, 5.74) is 0.932. The molecular weight excluding hydrogens is 186 g/mol. The lowest BCUT2D eigenvalue weighted by atomic mass is 10.4. The highest BCUT2D eigenvalue weighted by Gasteiger charge is 1.95. The Hall–Kier alpha value is -1.49. The second kappa shape index (κ2) is 3.49. The molecular formula is C8H7N3OS. The predicted molar refractivity (Wildman–Crippen MR) is 49.7 cm³/mol. The first-order valence-electron chi connectivity index (χ1n) is 3.77. The molecule has 0 aromatic carbocycles. The summed E-state index contributed by atoms with van der Waals surface area (Å²) >= 11 is 1.19. The fourth-order valence-corrected chi connectivity index (χ4v) is 1.42. The van der Waals surface area contributed by atoms with Crippen molar-refractivity contribution in [1.82, 2.24) is 13.3 Å². The van der Waals surface area contributed by atoms with E-state index in [1.54, 1.807) is 18.6 Å². The molecule has 2 aromatic rings. The van der Waals surface area contributed by atoms with Gasteiger partial charge in [-0.2, -0.15) is 8.75 Å². The van der Waals surface area contributed by atoms with E-state index in [1.165, 1.54) is 23.9 Å². The molecule has 0 aliphatic carbocycles. The van der Waals surface area contributed by atoms with Crippen molar-refractivity contribution in [2.75, 3.05) is 0 Å². The van der Waals surface area contributed by atoms with Crippen molar-refractivity contribution in [3.05, 3.63) is 46.6 Å². The third-order valence-electron chi connectivity index (χ3n) is 1.61. The fraction of sp³-hybridized carbons (Fsp3) is 0.125. The molecule has 0 aliphatic rings. The molecule has 13 heavy (non-hydrogen) atoms. The molecule has 5 heteroatoms. The summed E-state index contributed by atoms with van der Waals surface area (Å²) in [6, 6.07) is 3.06. The minimum atomic E-state index is 0.0210. The quantitative estimate of drug-likeness (QED) is 0.707. The van der Waals surface area contributed by atoms with Crippen LogP contribution < -0.4 is 5.43 Å². The zero-order valence-electron chi connectivity index (χ0n) is 6.75. The number of aromatic nitrogens is 3. The normalized spacial score (nSPS) is 10.2. The van der Waals surface area contributed by atoms with Gasteiger partial charge in [0, 0.05) is 24.5 Å². The van der Waals surface area contributed by atoms with Gasteiger partial charge in [0.15, 0.2) is 5.43 Å². The van der Waals surface area contributed by atoms with Gasteiger partial charge in [-0.3, -0.25) is 4.79 Å². The van der Waals surface area contributed by atoms with E-state index in [1.807, 2.05) is 4.57 Å². The highest BCUT2D eigenvalue weighted by Crippen LogP contribution is 1.97. The van der Waals surface area contributed by atoms with Crippen LogP contribution in [0.3, 0.4) is 0 Å². The Kier molecular flexibility index (Phi) is 2.18. The van der Waals surface area contributed by atoms with Gasteiger partial charge in [0.1, 0.15) is 0 Å². The van der Waals surface area contributed by atoms with E-state index in [0.717, 1.165) is 5.69 Å². The molecule has 0 aliphatic heterocycles. The topological polar surface area (TPSA) is 47.8 Å². The van der Waals surface area contributed by atoms with Gasteiger partial charge in [0.25, 0.3) is 0 Å². The Morgan fingerprint density at radius 3 is 2.77 bits per heavy atom. The van der Waals surface area contributed by atoms with Crippen molar-refractivity contribution >= 4 is 11.7 Å². The van der Waals surface area contributed by atoms with Crippen molar-refractivity contribution in [2.45, 2.75) is 6.54 Å². The van der Waals surface area contributed by atoms with Crippen LogP contribution in [0.2, 0.25) is 0 Å². The minimum absolute atomic E-state index is 0.0210. The van der Waals surface area contributed by atoms with Crippen LogP contribution in [0.4, 0.5) is 0 Å². The maximum atomic E-state index is 10.8. The van der Waals surface area contributed by atoms with Crippen LogP contribution >= 0.6 is 11.7 Å². The van der Waals surface area contributed by atoms with Crippen LogP contribution in [0.5, 0.6) is 0 Å². The van der Waals surface area contributed by atoms with E-state index < -0.39 is 0 Å². The Morgan fingerprint density at radius 2 is 2.15 bits per heavy atom. The molecule has 2 heterocycles. The summed E-state index contributed by atoms with van der Waals surface area (Å²) < 4.78 is 9.84. The van der Waals surface area contributed by atoms with Crippen molar-refractivity contribution in [3.8, 4) is 0 Å². The largest absolute Gasteiger partial charge is 0.348 e. The molecule has 0 N–H and O–H groups in total. The van der Waals surface area contributed by atoms with E-state index in [9.17, 15) is 4.79 Å². The average molecular weight is 193 g/mol. The lowest BCUT2D eigenvalue weighted by Gasteiger charge is -2.00. The van der Waals surface area contributed by atoms with Gasteiger partial charge in [0.2, 0.25) is 0 Å². The standard InChI is InChI=1S/C8H7N3OS/c12-8-1-3-11(4-2-8)6-7-5-9-13-10-7/h1-5H,6H2. The minimum Gasteiger partial charge on any atom is -0.348 e. The lowest BCUT2D eigenvalue weighted by molar-refractivity contribution is 0.773. The molecule has 0 bridgehead atoms. The number of hydrogen-bond donors (Lipinski definition) is 0. The number of nitrogens with zero attached hydrogens (tertiary/aromatic N) is 3. The van der Waals surface area contributed by atoms with Crippen LogP contribution in [0.15, 0.2) is 35.5 Å². The first-order chi connectivity index (χ1) is 6.34. The molecule has 0 fully saturated rings. The molecule has 0 saturated heterocycles.